The van der Waals surface area contributed by atoms with Crippen molar-refractivity contribution in [2.75, 3.05) is 0 Å². The topological polar surface area (TPSA) is 38.0 Å². The molecule has 98 valence electrons. The minimum atomic E-state index is -0.713. The first-order chi connectivity index (χ1) is 8.45. The number of fused-ring (bicyclic) bond motifs is 1. The van der Waals surface area contributed by atoms with Gasteiger partial charge in [-0.1, -0.05) is 32.0 Å². The summed E-state index contributed by atoms with van der Waals surface area (Å²) in [5, 5.41) is 16.2. The minimum absolute atomic E-state index is 0.211. The van der Waals surface area contributed by atoms with Crippen molar-refractivity contribution in [2.24, 2.45) is 5.92 Å². The van der Waals surface area contributed by atoms with Gasteiger partial charge in [0.25, 0.3) is 0 Å². The Hall–Kier alpha value is -1.35. The van der Waals surface area contributed by atoms with Crippen LogP contribution >= 0.6 is 0 Å². The van der Waals surface area contributed by atoms with E-state index in [0.717, 1.165) is 23.1 Å². The molecule has 1 aromatic carbocycles. The zero-order valence-corrected chi connectivity index (χ0v) is 11.6. The lowest BCUT2D eigenvalue weighted by Crippen LogP contribution is -2.33. The fourth-order valence-electron chi connectivity index (χ4n) is 2.11. The van der Waals surface area contributed by atoms with Crippen LogP contribution in [-0.4, -0.2) is 20.5 Å². The maximum absolute atomic E-state index is 10.4. The molecule has 0 aliphatic rings. The van der Waals surface area contributed by atoms with Crippen molar-refractivity contribution in [2.45, 2.75) is 46.3 Å². The van der Waals surface area contributed by atoms with E-state index in [1.807, 2.05) is 37.6 Å². The molecule has 1 heterocycles. The van der Waals surface area contributed by atoms with Gasteiger partial charge in [0.05, 0.1) is 16.8 Å². The van der Waals surface area contributed by atoms with Crippen molar-refractivity contribution in [3.63, 3.8) is 0 Å². The van der Waals surface area contributed by atoms with Crippen LogP contribution in [0.25, 0.3) is 10.9 Å². The highest BCUT2D eigenvalue weighted by atomic mass is 16.3. The molecule has 0 saturated heterocycles. The standard InChI is InChI=1S/C15H22N2O/c1-5-17-14-9-7-6-8-12(14)13(16-17)10-15(4,18)11(2)3/h6-9,11,18H,5,10H2,1-4H3. The number of rotatable bonds is 4. The van der Waals surface area contributed by atoms with Gasteiger partial charge in [-0.3, -0.25) is 4.68 Å². The Morgan fingerprint density at radius 2 is 2.00 bits per heavy atom. The number of aromatic nitrogens is 2. The molecular weight excluding hydrogens is 224 g/mol. The van der Waals surface area contributed by atoms with E-state index in [1.165, 1.54) is 0 Å². The Balaban J connectivity index is 2.46. The Morgan fingerprint density at radius 1 is 1.33 bits per heavy atom. The zero-order chi connectivity index (χ0) is 13.3. The molecule has 0 aliphatic heterocycles. The second kappa shape index (κ2) is 4.73. The zero-order valence-electron chi connectivity index (χ0n) is 11.6. The third-order valence-electron chi connectivity index (χ3n) is 3.80. The Morgan fingerprint density at radius 3 is 2.61 bits per heavy atom. The first-order valence-corrected chi connectivity index (χ1v) is 6.62. The highest BCUT2D eigenvalue weighted by molar-refractivity contribution is 5.82. The van der Waals surface area contributed by atoms with E-state index >= 15 is 0 Å². The van der Waals surface area contributed by atoms with Crippen LogP contribution < -0.4 is 0 Å². The van der Waals surface area contributed by atoms with Crippen LogP contribution in [-0.2, 0) is 13.0 Å². The molecule has 0 saturated carbocycles. The molecule has 1 N–H and O–H groups in total. The van der Waals surface area contributed by atoms with E-state index in [1.54, 1.807) is 0 Å². The lowest BCUT2D eigenvalue weighted by atomic mass is 9.87. The van der Waals surface area contributed by atoms with Gasteiger partial charge in [-0.2, -0.15) is 5.10 Å². The average molecular weight is 246 g/mol. The molecule has 0 aliphatic carbocycles. The number of hydrogen-bond acceptors (Lipinski definition) is 2. The second-order valence-electron chi connectivity index (χ2n) is 5.47. The van der Waals surface area contributed by atoms with Crippen LogP contribution in [0, 0.1) is 5.92 Å². The quantitative estimate of drug-likeness (QED) is 0.900. The highest BCUT2D eigenvalue weighted by Crippen LogP contribution is 2.26. The van der Waals surface area contributed by atoms with E-state index in [2.05, 4.69) is 24.2 Å². The molecular formula is C15H22N2O. The van der Waals surface area contributed by atoms with Crippen molar-refractivity contribution in [3.05, 3.63) is 30.0 Å². The van der Waals surface area contributed by atoms with Crippen molar-refractivity contribution >= 4 is 10.9 Å². The molecule has 1 unspecified atom stereocenters. The smallest absolute Gasteiger partial charge is 0.0731 e. The molecule has 0 amide bonds. The Bertz CT molecular complexity index is 540. The van der Waals surface area contributed by atoms with Gasteiger partial charge in [0.2, 0.25) is 0 Å². The molecule has 3 heteroatoms. The van der Waals surface area contributed by atoms with Gasteiger partial charge in [0.1, 0.15) is 0 Å². The lowest BCUT2D eigenvalue weighted by Gasteiger charge is -2.26. The summed E-state index contributed by atoms with van der Waals surface area (Å²) in [5.74, 6) is 0.211. The molecule has 2 aromatic rings. The molecule has 0 spiro atoms. The first-order valence-electron chi connectivity index (χ1n) is 6.62. The molecule has 0 radical (unpaired) electrons. The summed E-state index contributed by atoms with van der Waals surface area (Å²) in [4.78, 5) is 0. The fraction of sp³-hybridized carbons (Fsp3) is 0.533. The predicted molar refractivity (Wildman–Crippen MR) is 74.6 cm³/mol. The third-order valence-corrected chi connectivity index (χ3v) is 3.80. The Labute approximate surface area is 108 Å². The van der Waals surface area contributed by atoms with Gasteiger partial charge in [0, 0.05) is 18.4 Å². The Kier molecular flexibility index (Phi) is 3.44. The van der Waals surface area contributed by atoms with Gasteiger partial charge in [-0.05, 0) is 25.8 Å². The normalized spacial score (nSPS) is 15.2. The number of benzene rings is 1. The van der Waals surface area contributed by atoms with Gasteiger partial charge in [-0.15, -0.1) is 0 Å². The summed E-state index contributed by atoms with van der Waals surface area (Å²) in [6.45, 7) is 8.91. The molecule has 0 bridgehead atoms. The fourth-order valence-corrected chi connectivity index (χ4v) is 2.11. The third kappa shape index (κ3) is 2.27. The summed E-state index contributed by atoms with van der Waals surface area (Å²) in [7, 11) is 0. The van der Waals surface area contributed by atoms with E-state index < -0.39 is 5.60 Å². The van der Waals surface area contributed by atoms with E-state index in [-0.39, 0.29) is 5.92 Å². The molecule has 2 rings (SSSR count). The molecule has 3 nitrogen and oxygen atoms in total. The van der Waals surface area contributed by atoms with Crippen molar-refractivity contribution in [1.29, 1.82) is 0 Å². The maximum atomic E-state index is 10.4. The average Bonchev–Trinajstić information content (AvgIpc) is 2.67. The maximum Gasteiger partial charge on any atom is 0.0731 e. The first kappa shape index (κ1) is 13.1. The van der Waals surface area contributed by atoms with E-state index in [0.29, 0.717) is 6.42 Å². The van der Waals surface area contributed by atoms with E-state index in [4.69, 9.17) is 0 Å². The van der Waals surface area contributed by atoms with Crippen LogP contribution in [0.5, 0.6) is 0 Å². The van der Waals surface area contributed by atoms with Crippen molar-refractivity contribution in [1.82, 2.24) is 9.78 Å². The summed E-state index contributed by atoms with van der Waals surface area (Å²) >= 11 is 0. The van der Waals surface area contributed by atoms with Gasteiger partial charge in [0.15, 0.2) is 0 Å². The van der Waals surface area contributed by atoms with Crippen LogP contribution in [0.3, 0.4) is 0 Å². The summed E-state index contributed by atoms with van der Waals surface area (Å²) in [5.41, 5.74) is 1.43. The van der Waals surface area contributed by atoms with Crippen LogP contribution in [0.2, 0.25) is 0 Å². The summed E-state index contributed by atoms with van der Waals surface area (Å²) < 4.78 is 2.00. The summed E-state index contributed by atoms with van der Waals surface area (Å²) in [6, 6.07) is 8.22. The largest absolute Gasteiger partial charge is 0.390 e. The van der Waals surface area contributed by atoms with Crippen molar-refractivity contribution in [3.8, 4) is 0 Å². The minimum Gasteiger partial charge on any atom is -0.390 e. The monoisotopic (exact) mass is 246 g/mol. The van der Waals surface area contributed by atoms with E-state index in [9.17, 15) is 5.11 Å². The predicted octanol–water partition coefficient (Wildman–Crippen LogP) is 3.01. The van der Waals surface area contributed by atoms with Gasteiger partial charge < -0.3 is 5.11 Å². The van der Waals surface area contributed by atoms with Crippen LogP contribution in [0.1, 0.15) is 33.4 Å². The van der Waals surface area contributed by atoms with Crippen LogP contribution in [0.4, 0.5) is 0 Å². The number of hydrogen-bond donors (Lipinski definition) is 1. The molecule has 18 heavy (non-hydrogen) atoms. The highest BCUT2D eigenvalue weighted by Gasteiger charge is 2.27. The molecule has 1 aromatic heterocycles. The summed E-state index contributed by atoms with van der Waals surface area (Å²) in [6.07, 6.45) is 0.595. The second-order valence-corrected chi connectivity index (χ2v) is 5.47. The number of para-hydroxylation sites is 1. The SMILES string of the molecule is CCn1nc(CC(C)(O)C(C)C)c2ccccc21. The van der Waals surface area contributed by atoms with Gasteiger partial charge >= 0.3 is 0 Å². The molecule has 0 fully saturated rings. The van der Waals surface area contributed by atoms with Gasteiger partial charge in [-0.25, -0.2) is 0 Å². The molecule has 1 atom stereocenters. The number of nitrogens with zero attached hydrogens (tertiary/aromatic N) is 2. The lowest BCUT2D eigenvalue weighted by molar-refractivity contribution is 0.0132. The number of aryl methyl sites for hydroxylation is 1. The van der Waals surface area contributed by atoms with Crippen LogP contribution in [0.15, 0.2) is 24.3 Å². The number of aliphatic hydroxyl groups is 1. The van der Waals surface area contributed by atoms with Crippen molar-refractivity contribution < 1.29 is 5.11 Å².